The minimum absolute atomic E-state index is 0.340. The quantitative estimate of drug-likeness (QED) is 0.755. The molecule has 0 radical (unpaired) electrons. The van der Waals surface area contributed by atoms with Gasteiger partial charge in [-0.3, -0.25) is 4.79 Å². The normalized spacial score (nSPS) is 17.3. The summed E-state index contributed by atoms with van der Waals surface area (Å²) in [7, 11) is 1.60. The zero-order valence-corrected chi connectivity index (χ0v) is 12.0. The van der Waals surface area contributed by atoms with E-state index in [9.17, 15) is 4.79 Å². The molecule has 3 N–H and O–H groups in total. The van der Waals surface area contributed by atoms with Crippen molar-refractivity contribution in [2.75, 3.05) is 13.7 Å². The van der Waals surface area contributed by atoms with Crippen LogP contribution in [0.15, 0.2) is 24.3 Å². The number of ether oxygens (including phenoxy) is 2. The summed E-state index contributed by atoms with van der Waals surface area (Å²) in [5.74, 6) is 1.02. The molecule has 2 rings (SSSR count). The van der Waals surface area contributed by atoms with Crippen molar-refractivity contribution >= 4 is 5.91 Å². The van der Waals surface area contributed by atoms with Gasteiger partial charge in [0.1, 0.15) is 0 Å². The molecule has 0 aliphatic heterocycles. The highest BCUT2D eigenvalue weighted by molar-refractivity contribution is 5.84. The van der Waals surface area contributed by atoms with E-state index in [-0.39, 0.29) is 5.91 Å². The Bertz CT molecular complexity index is 474. The maximum atomic E-state index is 11.6. The first-order valence-corrected chi connectivity index (χ1v) is 6.88. The first-order chi connectivity index (χ1) is 9.55. The van der Waals surface area contributed by atoms with Crippen LogP contribution in [0.1, 0.15) is 26.2 Å². The minimum Gasteiger partial charge on any atom is -0.493 e. The largest absolute Gasteiger partial charge is 0.493 e. The molecule has 0 bridgehead atoms. The maximum Gasteiger partial charge on any atom is 0.237 e. The Balaban J connectivity index is 1.91. The van der Waals surface area contributed by atoms with E-state index in [1.807, 2.05) is 31.2 Å². The summed E-state index contributed by atoms with van der Waals surface area (Å²) < 4.78 is 10.9. The highest BCUT2D eigenvalue weighted by Gasteiger charge is 2.36. The van der Waals surface area contributed by atoms with Gasteiger partial charge in [0.15, 0.2) is 11.5 Å². The van der Waals surface area contributed by atoms with E-state index in [4.69, 9.17) is 15.2 Å². The molecule has 1 aliphatic carbocycles. The van der Waals surface area contributed by atoms with Crippen LogP contribution in [-0.2, 0) is 4.79 Å². The molecule has 5 heteroatoms. The van der Waals surface area contributed by atoms with Crippen LogP contribution in [0.3, 0.4) is 0 Å². The molecule has 1 fully saturated rings. The average molecular weight is 278 g/mol. The summed E-state index contributed by atoms with van der Waals surface area (Å²) >= 11 is 0. The molecule has 20 heavy (non-hydrogen) atoms. The molecule has 0 heterocycles. The average Bonchev–Trinajstić information content (AvgIpc) is 3.23. The minimum atomic E-state index is -0.719. The molecular weight excluding hydrogens is 256 g/mol. The number of hydrogen-bond donors (Lipinski definition) is 2. The summed E-state index contributed by atoms with van der Waals surface area (Å²) in [6.07, 6.45) is 2.74. The van der Waals surface area contributed by atoms with Crippen molar-refractivity contribution in [1.82, 2.24) is 5.32 Å². The van der Waals surface area contributed by atoms with Gasteiger partial charge < -0.3 is 20.5 Å². The van der Waals surface area contributed by atoms with E-state index in [0.717, 1.165) is 12.8 Å². The second-order valence-corrected chi connectivity index (χ2v) is 5.36. The fourth-order valence-corrected chi connectivity index (χ4v) is 2.05. The smallest absolute Gasteiger partial charge is 0.237 e. The zero-order valence-electron chi connectivity index (χ0n) is 12.0. The van der Waals surface area contributed by atoms with Crippen LogP contribution in [0.4, 0.5) is 0 Å². The molecule has 1 amide bonds. The number of benzene rings is 1. The predicted molar refractivity (Wildman–Crippen MR) is 76.9 cm³/mol. The first kappa shape index (κ1) is 14.7. The lowest BCUT2D eigenvalue weighted by Crippen LogP contribution is -2.54. The highest BCUT2D eigenvalue weighted by atomic mass is 16.5. The van der Waals surface area contributed by atoms with Crippen LogP contribution < -0.4 is 20.5 Å². The molecule has 1 aromatic carbocycles. The van der Waals surface area contributed by atoms with Gasteiger partial charge in [-0.05, 0) is 31.9 Å². The lowest BCUT2D eigenvalue weighted by atomic mass is 9.97. The second-order valence-electron chi connectivity index (χ2n) is 5.36. The Labute approximate surface area is 119 Å². The predicted octanol–water partition coefficient (Wildman–Crippen LogP) is 1.46. The highest BCUT2D eigenvalue weighted by Crippen LogP contribution is 2.27. The van der Waals surface area contributed by atoms with E-state index >= 15 is 0 Å². The van der Waals surface area contributed by atoms with Gasteiger partial charge in [-0.25, -0.2) is 0 Å². The summed E-state index contributed by atoms with van der Waals surface area (Å²) in [6, 6.07) is 7.86. The van der Waals surface area contributed by atoms with Crippen molar-refractivity contribution in [2.24, 2.45) is 5.73 Å². The number of para-hydroxylation sites is 2. The molecule has 0 spiro atoms. The van der Waals surface area contributed by atoms with E-state index in [1.54, 1.807) is 7.11 Å². The molecule has 0 aromatic heterocycles. The maximum absolute atomic E-state index is 11.6. The lowest BCUT2D eigenvalue weighted by molar-refractivity contribution is -0.124. The number of rotatable bonds is 8. The van der Waals surface area contributed by atoms with Gasteiger partial charge in [0.2, 0.25) is 5.91 Å². The van der Waals surface area contributed by atoms with Crippen LogP contribution >= 0.6 is 0 Å². The van der Waals surface area contributed by atoms with Gasteiger partial charge in [-0.1, -0.05) is 12.1 Å². The second kappa shape index (κ2) is 6.13. The Morgan fingerprint density at radius 2 is 2.05 bits per heavy atom. The Kier molecular flexibility index (Phi) is 4.49. The van der Waals surface area contributed by atoms with Crippen LogP contribution in [0, 0.1) is 0 Å². The van der Waals surface area contributed by atoms with Crippen molar-refractivity contribution in [1.29, 1.82) is 0 Å². The molecule has 1 aromatic rings. The molecule has 1 unspecified atom stereocenters. The van der Waals surface area contributed by atoms with Crippen molar-refractivity contribution in [3.63, 3.8) is 0 Å². The van der Waals surface area contributed by atoms with Crippen molar-refractivity contribution in [2.45, 2.75) is 37.8 Å². The topological polar surface area (TPSA) is 73.6 Å². The monoisotopic (exact) mass is 278 g/mol. The van der Waals surface area contributed by atoms with Gasteiger partial charge in [-0.2, -0.15) is 0 Å². The standard InChI is InChI=1S/C15H22N2O3/c1-15(14(16)18,17-11-7-8-11)9-10-20-13-6-4-3-5-12(13)19-2/h3-6,11,17H,7-10H2,1-2H3,(H2,16,18). The van der Waals surface area contributed by atoms with Crippen molar-refractivity contribution < 1.29 is 14.3 Å². The number of methoxy groups -OCH3 is 1. The fourth-order valence-electron chi connectivity index (χ4n) is 2.05. The number of hydrogen-bond acceptors (Lipinski definition) is 4. The number of primary amides is 1. The van der Waals surface area contributed by atoms with Gasteiger partial charge >= 0.3 is 0 Å². The lowest BCUT2D eigenvalue weighted by Gasteiger charge is -2.27. The summed E-state index contributed by atoms with van der Waals surface area (Å²) in [5.41, 5.74) is 4.78. The van der Waals surface area contributed by atoms with E-state index in [2.05, 4.69) is 5.32 Å². The van der Waals surface area contributed by atoms with Crippen molar-refractivity contribution in [3.05, 3.63) is 24.3 Å². The van der Waals surface area contributed by atoms with Crippen molar-refractivity contribution in [3.8, 4) is 11.5 Å². The number of nitrogens with one attached hydrogen (secondary N) is 1. The number of amides is 1. The van der Waals surface area contributed by atoms with Crippen LogP contribution in [0.5, 0.6) is 11.5 Å². The van der Waals surface area contributed by atoms with Gasteiger partial charge in [0.05, 0.1) is 19.3 Å². The Morgan fingerprint density at radius 3 is 2.60 bits per heavy atom. The number of carbonyl (C=O) groups excluding carboxylic acids is 1. The number of carbonyl (C=O) groups is 1. The molecule has 0 saturated heterocycles. The molecule has 110 valence electrons. The van der Waals surface area contributed by atoms with Crippen LogP contribution in [0.25, 0.3) is 0 Å². The molecule has 1 atom stereocenters. The Hall–Kier alpha value is -1.75. The van der Waals surface area contributed by atoms with Gasteiger partial charge in [0, 0.05) is 12.5 Å². The summed E-state index contributed by atoms with van der Waals surface area (Å²) in [6.45, 7) is 2.23. The zero-order chi connectivity index (χ0) is 14.6. The van der Waals surface area contributed by atoms with Gasteiger partial charge in [-0.15, -0.1) is 0 Å². The third kappa shape index (κ3) is 3.63. The third-order valence-electron chi connectivity index (χ3n) is 3.57. The summed E-state index contributed by atoms with van der Waals surface area (Å²) in [4.78, 5) is 11.6. The fraction of sp³-hybridized carbons (Fsp3) is 0.533. The Morgan fingerprint density at radius 1 is 1.40 bits per heavy atom. The van der Waals surface area contributed by atoms with E-state index < -0.39 is 5.54 Å². The number of nitrogens with two attached hydrogens (primary N) is 1. The molecular formula is C15H22N2O3. The van der Waals surface area contributed by atoms with E-state index in [1.165, 1.54) is 0 Å². The molecule has 1 saturated carbocycles. The third-order valence-corrected chi connectivity index (χ3v) is 3.57. The molecule has 1 aliphatic rings. The van der Waals surface area contributed by atoms with E-state index in [0.29, 0.717) is 30.6 Å². The summed E-state index contributed by atoms with van der Waals surface area (Å²) in [5, 5.41) is 3.30. The molecule has 5 nitrogen and oxygen atoms in total. The van der Waals surface area contributed by atoms with Gasteiger partial charge in [0.25, 0.3) is 0 Å². The SMILES string of the molecule is COc1ccccc1OCCC(C)(NC1CC1)C(N)=O. The first-order valence-electron chi connectivity index (χ1n) is 6.88. The van der Waals surface area contributed by atoms with Crippen LogP contribution in [0.2, 0.25) is 0 Å². The van der Waals surface area contributed by atoms with Crippen LogP contribution in [-0.4, -0.2) is 31.2 Å².